The van der Waals surface area contributed by atoms with E-state index in [-0.39, 0.29) is 35.1 Å². The molecule has 2 fully saturated rings. The van der Waals surface area contributed by atoms with Gasteiger partial charge in [0, 0.05) is 23.0 Å². The van der Waals surface area contributed by atoms with Crippen molar-refractivity contribution in [1.82, 2.24) is 0 Å². The third-order valence-corrected chi connectivity index (χ3v) is 12.4. The van der Waals surface area contributed by atoms with Crippen molar-refractivity contribution in [2.75, 3.05) is 13.2 Å². The highest BCUT2D eigenvalue weighted by molar-refractivity contribution is 7.62. The second-order valence-electron chi connectivity index (χ2n) is 12.7. The molecule has 2 saturated carbocycles. The normalized spacial score (nSPS) is 24.2. The Morgan fingerprint density at radius 2 is 1.59 bits per heavy atom. The molecular weight excluding hydrogens is 616 g/mol. The maximum absolute atomic E-state index is 14.1. The van der Waals surface area contributed by atoms with Gasteiger partial charge in [-0.25, -0.2) is 0 Å². The minimum atomic E-state index is -4.86. The van der Waals surface area contributed by atoms with E-state index in [0.717, 1.165) is 55.4 Å². The Morgan fingerprint density at radius 3 is 2.26 bits per heavy atom. The van der Waals surface area contributed by atoms with Crippen LogP contribution in [-0.4, -0.2) is 31.1 Å². The summed E-state index contributed by atoms with van der Waals surface area (Å²) in [7, 11) is -3.95. The molecule has 10 heteroatoms. The fourth-order valence-electron chi connectivity index (χ4n) is 8.14. The second-order valence-corrected chi connectivity index (χ2v) is 14.7. The Kier molecular flexibility index (Phi) is 8.81. The van der Waals surface area contributed by atoms with Gasteiger partial charge in [-0.2, -0.15) is 0 Å². The van der Waals surface area contributed by atoms with Gasteiger partial charge in [0.2, 0.25) is 0 Å². The number of hydrogen-bond donors (Lipinski definition) is 0. The molecular formula is C36H38F3O6P. The van der Waals surface area contributed by atoms with Gasteiger partial charge in [0.15, 0.2) is 5.78 Å². The minimum absolute atomic E-state index is 0.0751. The first-order chi connectivity index (χ1) is 21.9. The highest BCUT2D eigenvalue weighted by Crippen LogP contribution is 2.59. The summed E-state index contributed by atoms with van der Waals surface area (Å²) in [4.78, 5) is 26.4. The van der Waals surface area contributed by atoms with Gasteiger partial charge < -0.3 is 13.8 Å². The van der Waals surface area contributed by atoms with E-state index >= 15 is 0 Å². The average Bonchev–Trinajstić information content (AvgIpc) is 3.33. The molecule has 3 aliphatic carbocycles. The maximum atomic E-state index is 14.1. The predicted molar refractivity (Wildman–Crippen MR) is 169 cm³/mol. The minimum Gasteiger partial charge on any atom is -0.406 e. The fraction of sp³-hybridized carbons (Fsp3) is 0.444. The number of rotatable bonds is 9. The van der Waals surface area contributed by atoms with Gasteiger partial charge in [-0.3, -0.25) is 14.2 Å². The lowest BCUT2D eigenvalue weighted by Gasteiger charge is -2.48. The zero-order chi connectivity index (χ0) is 32.9. The number of halogens is 3. The number of carbonyl (C=O) groups is 2. The lowest BCUT2D eigenvalue weighted by atomic mass is 9.55. The van der Waals surface area contributed by atoms with Crippen molar-refractivity contribution in [3.63, 3.8) is 0 Å². The number of hydrogen-bond acceptors (Lipinski definition) is 6. The van der Waals surface area contributed by atoms with E-state index < -0.39 is 25.5 Å². The van der Waals surface area contributed by atoms with Crippen LogP contribution < -0.4 is 10.0 Å². The van der Waals surface area contributed by atoms with Crippen LogP contribution in [0.3, 0.4) is 0 Å². The summed E-state index contributed by atoms with van der Waals surface area (Å²) in [5.41, 5.74) is 4.26. The SMILES string of the molecule is CCOP(=O)(OCC)c1cc(-c2ccc3c(c2)CC[C@@H]2[C@@H]3CC[C@]3(C)C(=O)CC[C@@H]23)ccc1C(=O)c1ccc(OC(F)(F)F)cc1. The smallest absolute Gasteiger partial charge is 0.406 e. The summed E-state index contributed by atoms with van der Waals surface area (Å²) in [6.45, 7) is 5.69. The summed E-state index contributed by atoms with van der Waals surface area (Å²) in [5, 5.41) is 0.101. The molecule has 6 nitrogen and oxygen atoms in total. The van der Waals surface area contributed by atoms with Crippen LogP contribution in [0.4, 0.5) is 13.2 Å². The van der Waals surface area contributed by atoms with Crippen LogP contribution in [-0.2, 0) is 24.8 Å². The molecule has 0 heterocycles. The molecule has 0 amide bonds. The van der Waals surface area contributed by atoms with Crippen LogP contribution in [0.5, 0.6) is 5.75 Å². The first kappa shape index (κ1) is 32.7. The summed E-state index contributed by atoms with van der Waals surface area (Å²) in [6, 6.07) is 16.0. The molecule has 3 aromatic rings. The van der Waals surface area contributed by atoms with Gasteiger partial charge in [-0.1, -0.05) is 31.2 Å². The van der Waals surface area contributed by atoms with E-state index in [2.05, 4.69) is 29.9 Å². The molecule has 0 unspecified atom stereocenters. The first-order valence-corrected chi connectivity index (χ1v) is 17.5. The Bertz CT molecular complexity index is 1690. The number of ketones is 2. The zero-order valence-corrected chi connectivity index (χ0v) is 27.1. The predicted octanol–water partition coefficient (Wildman–Crippen LogP) is 8.80. The van der Waals surface area contributed by atoms with Crippen LogP contribution in [0.25, 0.3) is 11.1 Å². The Balaban J connectivity index is 1.35. The summed E-state index contributed by atoms with van der Waals surface area (Å²) < 4.78 is 67.3. The van der Waals surface area contributed by atoms with Crippen molar-refractivity contribution in [3.05, 3.63) is 82.9 Å². The van der Waals surface area contributed by atoms with Crippen LogP contribution in [0.15, 0.2) is 60.7 Å². The number of carbonyl (C=O) groups excluding carboxylic acids is 2. The molecule has 3 aliphatic rings. The molecule has 0 bridgehead atoms. The van der Waals surface area contributed by atoms with E-state index in [4.69, 9.17) is 9.05 Å². The van der Waals surface area contributed by atoms with Crippen LogP contribution in [0.1, 0.15) is 85.8 Å². The number of fused-ring (bicyclic) bond motifs is 5. The van der Waals surface area contributed by atoms with Crippen molar-refractivity contribution in [1.29, 1.82) is 0 Å². The van der Waals surface area contributed by atoms with Crippen LogP contribution in [0.2, 0.25) is 0 Å². The van der Waals surface area contributed by atoms with Crippen molar-refractivity contribution in [3.8, 4) is 16.9 Å². The van der Waals surface area contributed by atoms with Crippen molar-refractivity contribution >= 4 is 24.5 Å². The van der Waals surface area contributed by atoms with E-state index in [1.54, 1.807) is 32.0 Å². The molecule has 0 radical (unpaired) electrons. The van der Waals surface area contributed by atoms with Gasteiger partial charge in [0.25, 0.3) is 0 Å². The standard InChI is InChI=1S/C36H38F3O6P/c1-4-43-46(42,44-5-2)32-21-24(9-15-30(32)34(41)22-6-11-26(12-7-22)45-36(37,38)39)23-8-13-27-25(20-23)10-14-29-28(27)18-19-35(3)31(29)16-17-33(35)40/h6-9,11-13,15,20-21,28-29,31H,4-5,10,14,16-19H2,1-3H3/t28-,29-,31+,35+/m1/s1. The summed E-state index contributed by atoms with van der Waals surface area (Å²) >= 11 is 0. The number of Topliss-reactive ketones (excluding diaryl/α,β-unsaturated/α-hetero) is 1. The molecule has 0 N–H and O–H groups in total. The zero-order valence-electron chi connectivity index (χ0n) is 26.2. The highest BCUT2D eigenvalue weighted by atomic mass is 31.2. The van der Waals surface area contributed by atoms with E-state index in [1.165, 1.54) is 23.3 Å². The van der Waals surface area contributed by atoms with Crippen LogP contribution in [0, 0.1) is 17.3 Å². The number of aryl methyl sites for hydroxylation is 1. The topological polar surface area (TPSA) is 78.9 Å². The maximum Gasteiger partial charge on any atom is 0.573 e. The Hall–Kier alpha value is -3.26. The van der Waals surface area contributed by atoms with Gasteiger partial charge in [0.1, 0.15) is 11.5 Å². The molecule has 46 heavy (non-hydrogen) atoms. The van der Waals surface area contributed by atoms with Crippen molar-refractivity contribution in [2.24, 2.45) is 17.3 Å². The molecule has 3 aromatic carbocycles. The molecule has 0 aromatic heterocycles. The van der Waals surface area contributed by atoms with E-state index in [1.807, 2.05) is 0 Å². The third-order valence-electron chi connectivity index (χ3n) is 10.3. The van der Waals surface area contributed by atoms with Gasteiger partial charge in [0.05, 0.1) is 18.5 Å². The number of alkyl halides is 3. The van der Waals surface area contributed by atoms with Gasteiger partial charge in [-0.05, 0) is 122 Å². The Morgan fingerprint density at radius 1 is 0.913 bits per heavy atom. The molecule has 4 atom stereocenters. The second kappa shape index (κ2) is 12.4. The fourth-order valence-corrected chi connectivity index (χ4v) is 9.94. The Labute approximate surface area is 267 Å². The van der Waals surface area contributed by atoms with Crippen molar-refractivity contribution in [2.45, 2.75) is 71.6 Å². The third kappa shape index (κ3) is 5.98. The molecule has 6 rings (SSSR count). The van der Waals surface area contributed by atoms with Gasteiger partial charge >= 0.3 is 14.0 Å². The summed E-state index contributed by atoms with van der Waals surface area (Å²) in [6.07, 6.45) is 0.725. The van der Waals surface area contributed by atoms with Gasteiger partial charge in [-0.15, -0.1) is 13.2 Å². The molecule has 0 spiro atoms. The average molecular weight is 655 g/mol. The monoisotopic (exact) mass is 654 g/mol. The lowest BCUT2D eigenvalue weighted by Crippen LogP contribution is -2.42. The number of benzene rings is 3. The lowest BCUT2D eigenvalue weighted by molar-refractivity contribution is -0.274. The first-order valence-electron chi connectivity index (χ1n) is 16.0. The highest BCUT2D eigenvalue weighted by Gasteiger charge is 2.54. The van der Waals surface area contributed by atoms with Crippen LogP contribution >= 0.6 is 7.60 Å². The molecule has 0 aliphatic heterocycles. The van der Waals surface area contributed by atoms with E-state index in [0.29, 0.717) is 30.0 Å². The summed E-state index contributed by atoms with van der Waals surface area (Å²) in [5.74, 6) is 0.828. The largest absolute Gasteiger partial charge is 0.573 e. The molecule has 244 valence electrons. The number of ether oxygens (including phenoxy) is 1. The molecule has 0 saturated heterocycles. The van der Waals surface area contributed by atoms with Crippen molar-refractivity contribution < 1.29 is 41.1 Å². The van der Waals surface area contributed by atoms with E-state index in [9.17, 15) is 27.3 Å². The quantitative estimate of drug-likeness (QED) is 0.170.